The van der Waals surface area contributed by atoms with E-state index < -0.39 is 0 Å². The zero-order valence-corrected chi connectivity index (χ0v) is 11.8. The number of esters is 1. The molecule has 1 aromatic heterocycles. The molecule has 1 atom stereocenters. The van der Waals surface area contributed by atoms with Gasteiger partial charge in [-0.3, -0.25) is 14.6 Å². The van der Waals surface area contributed by atoms with Crippen LogP contribution in [0.25, 0.3) is 0 Å². The average Bonchev–Trinajstić information content (AvgIpc) is 2.48. The van der Waals surface area contributed by atoms with E-state index in [-0.39, 0.29) is 17.8 Å². The summed E-state index contributed by atoms with van der Waals surface area (Å²) in [5, 5.41) is 0. The second kappa shape index (κ2) is 6.45. The normalized spacial score (nSPS) is 18.7. The van der Waals surface area contributed by atoms with Gasteiger partial charge in [-0.15, -0.1) is 0 Å². The summed E-state index contributed by atoms with van der Waals surface area (Å²) in [5.41, 5.74) is 1.09. The van der Waals surface area contributed by atoms with E-state index in [2.05, 4.69) is 9.97 Å². The minimum atomic E-state index is -0.231. The number of nitrogens with zero attached hydrogens (tertiary/aromatic N) is 3. The van der Waals surface area contributed by atoms with Gasteiger partial charge in [0.25, 0.3) is 5.91 Å². The van der Waals surface area contributed by atoms with Gasteiger partial charge in [0, 0.05) is 19.3 Å². The van der Waals surface area contributed by atoms with Crippen molar-refractivity contribution < 1.29 is 14.3 Å². The van der Waals surface area contributed by atoms with Gasteiger partial charge in [0.2, 0.25) is 0 Å². The number of aromatic nitrogens is 2. The maximum absolute atomic E-state index is 12.3. The first-order chi connectivity index (χ1) is 9.61. The van der Waals surface area contributed by atoms with E-state index in [1.165, 1.54) is 6.20 Å². The second-order valence-electron chi connectivity index (χ2n) is 4.89. The van der Waals surface area contributed by atoms with Crippen molar-refractivity contribution in [1.29, 1.82) is 0 Å². The minimum Gasteiger partial charge on any atom is -0.466 e. The number of carbonyl (C=O) groups is 2. The van der Waals surface area contributed by atoms with Crippen LogP contribution in [0.15, 0.2) is 12.4 Å². The summed E-state index contributed by atoms with van der Waals surface area (Å²) in [5.74, 6) is -0.627. The first-order valence-corrected chi connectivity index (χ1v) is 6.86. The van der Waals surface area contributed by atoms with Crippen molar-refractivity contribution in [2.24, 2.45) is 5.92 Å². The first-order valence-electron chi connectivity index (χ1n) is 6.86. The van der Waals surface area contributed by atoms with Gasteiger partial charge in [0.05, 0.1) is 24.4 Å². The highest BCUT2D eigenvalue weighted by Gasteiger charge is 2.30. The molecule has 0 N–H and O–H groups in total. The molecule has 6 heteroatoms. The zero-order chi connectivity index (χ0) is 14.5. The second-order valence-corrected chi connectivity index (χ2v) is 4.89. The van der Waals surface area contributed by atoms with Gasteiger partial charge in [0.15, 0.2) is 0 Å². The molecule has 1 saturated heterocycles. The van der Waals surface area contributed by atoms with Crippen molar-refractivity contribution in [3.63, 3.8) is 0 Å². The lowest BCUT2D eigenvalue weighted by Crippen LogP contribution is -2.43. The highest BCUT2D eigenvalue weighted by atomic mass is 16.5. The fourth-order valence-corrected chi connectivity index (χ4v) is 2.28. The molecule has 6 nitrogen and oxygen atoms in total. The van der Waals surface area contributed by atoms with Crippen molar-refractivity contribution >= 4 is 11.9 Å². The van der Waals surface area contributed by atoms with Gasteiger partial charge in [-0.2, -0.15) is 0 Å². The summed E-state index contributed by atoms with van der Waals surface area (Å²) in [7, 11) is 0. The maximum Gasteiger partial charge on any atom is 0.310 e. The monoisotopic (exact) mass is 277 g/mol. The molecule has 0 bridgehead atoms. The molecule has 1 aliphatic rings. The van der Waals surface area contributed by atoms with E-state index in [4.69, 9.17) is 4.74 Å². The molecule has 0 spiro atoms. The van der Waals surface area contributed by atoms with Crippen LogP contribution in [0.4, 0.5) is 0 Å². The van der Waals surface area contributed by atoms with E-state index in [1.807, 2.05) is 6.92 Å². The van der Waals surface area contributed by atoms with Crippen molar-refractivity contribution in [2.45, 2.75) is 26.7 Å². The lowest BCUT2D eigenvalue weighted by molar-refractivity contribution is -0.149. The van der Waals surface area contributed by atoms with Crippen molar-refractivity contribution in [2.75, 3.05) is 19.7 Å². The molecule has 2 rings (SSSR count). The van der Waals surface area contributed by atoms with E-state index in [0.29, 0.717) is 25.4 Å². The summed E-state index contributed by atoms with van der Waals surface area (Å²) < 4.78 is 5.03. The lowest BCUT2D eigenvalue weighted by atomic mass is 9.98. The Balaban J connectivity index is 2.03. The molecule has 0 radical (unpaired) electrons. The highest BCUT2D eigenvalue weighted by Crippen LogP contribution is 2.19. The first kappa shape index (κ1) is 14.4. The molecule has 20 heavy (non-hydrogen) atoms. The number of likely N-dealkylation sites (tertiary alicyclic amines) is 1. The van der Waals surface area contributed by atoms with Crippen LogP contribution in [0, 0.1) is 12.8 Å². The number of amides is 1. The van der Waals surface area contributed by atoms with Crippen LogP contribution in [-0.2, 0) is 9.53 Å². The highest BCUT2D eigenvalue weighted by molar-refractivity contribution is 5.92. The molecule has 0 unspecified atom stereocenters. The van der Waals surface area contributed by atoms with E-state index in [9.17, 15) is 9.59 Å². The van der Waals surface area contributed by atoms with Gasteiger partial charge in [0.1, 0.15) is 5.69 Å². The smallest absolute Gasteiger partial charge is 0.310 e. The van der Waals surface area contributed by atoms with Crippen LogP contribution >= 0.6 is 0 Å². The lowest BCUT2D eigenvalue weighted by Gasteiger charge is -2.31. The van der Waals surface area contributed by atoms with E-state index >= 15 is 0 Å². The van der Waals surface area contributed by atoms with Gasteiger partial charge in [-0.05, 0) is 26.7 Å². The van der Waals surface area contributed by atoms with Crippen molar-refractivity contribution in [3.05, 3.63) is 23.8 Å². The number of aryl methyl sites for hydroxylation is 1. The van der Waals surface area contributed by atoms with Crippen molar-refractivity contribution in [3.8, 4) is 0 Å². The minimum absolute atomic E-state index is 0.175. The molecule has 0 aliphatic carbocycles. The molecule has 1 fully saturated rings. The summed E-state index contributed by atoms with van der Waals surface area (Å²) in [4.78, 5) is 33.9. The van der Waals surface area contributed by atoms with E-state index in [0.717, 1.165) is 18.5 Å². The van der Waals surface area contributed by atoms with Gasteiger partial charge >= 0.3 is 5.97 Å². The number of ether oxygens (including phenoxy) is 1. The molecule has 1 aliphatic heterocycles. The van der Waals surface area contributed by atoms with Crippen LogP contribution in [0.1, 0.15) is 35.9 Å². The predicted octanol–water partition coefficient (Wildman–Crippen LogP) is 1.20. The number of piperidine rings is 1. The molecule has 0 saturated carbocycles. The summed E-state index contributed by atoms with van der Waals surface area (Å²) >= 11 is 0. The number of hydrogen-bond donors (Lipinski definition) is 0. The molecular formula is C14H19N3O3. The van der Waals surface area contributed by atoms with Crippen molar-refractivity contribution in [1.82, 2.24) is 14.9 Å². The zero-order valence-electron chi connectivity index (χ0n) is 11.8. The fourth-order valence-electron chi connectivity index (χ4n) is 2.28. The fraction of sp³-hybridized carbons (Fsp3) is 0.571. The Hall–Kier alpha value is -1.98. The molecule has 1 aromatic rings. The Morgan fingerprint density at radius 2 is 2.20 bits per heavy atom. The summed E-state index contributed by atoms with van der Waals surface area (Å²) in [6.45, 7) is 5.01. The molecule has 1 amide bonds. The van der Waals surface area contributed by atoms with Crippen LogP contribution in [0.5, 0.6) is 0 Å². The van der Waals surface area contributed by atoms with Crippen LogP contribution < -0.4 is 0 Å². The predicted molar refractivity (Wildman–Crippen MR) is 72.0 cm³/mol. The topological polar surface area (TPSA) is 72.4 Å². The number of hydrogen-bond acceptors (Lipinski definition) is 5. The Labute approximate surface area is 118 Å². The molecular weight excluding hydrogens is 258 g/mol. The average molecular weight is 277 g/mol. The Morgan fingerprint density at radius 3 is 2.85 bits per heavy atom. The number of carbonyl (C=O) groups excluding carboxylic acids is 2. The third kappa shape index (κ3) is 3.31. The third-order valence-corrected chi connectivity index (χ3v) is 3.33. The Kier molecular flexibility index (Phi) is 4.65. The third-order valence-electron chi connectivity index (χ3n) is 3.33. The number of rotatable bonds is 3. The Morgan fingerprint density at radius 1 is 1.40 bits per heavy atom. The van der Waals surface area contributed by atoms with Gasteiger partial charge < -0.3 is 9.64 Å². The quantitative estimate of drug-likeness (QED) is 0.776. The SMILES string of the molecule is CCOC(=O)[C@H]1CCCN(C(=O)c2cnc(C)cn2)C1. The van der Waals surface area contributed by atoms with Gasteiger partial charge in [-0.1, -0.05) is 0 Å². The molecule has 2 heterocycles. The Bertz CT molecular complexity index is 487. The maximum atomic E-state index is 12.3. The summed E-state index contributed by atoms with van der Waals surface area (Å²) in [6.07, 6.45) is 4.61. The summed E-state index contributed by atoms with van der Waals surface area (Å²) in [6, 6.07) is 0. The van der Waals surface area contributed by atoms with Crippen LogP contribution in [-0.4, -0.2) is 46.4 Å². The van der Waals surface area contributed by atoms with Gasteiger partial charge in [-0.25, -0.2) is 4.98 Å². The molecule has 0 aromatic carbocycles. The molecule has 108 valence electrons. The largest absolute Gasteiger partial charge is 0.466 e. The standard InChI is InChI=1S/C14H19N3O3/c1-3-20-14(19)11-5-4-6-17(9-11)13(18)12-8-15-10(2)7-16-12/h7-8,11H,3-6,9H2,1-2H3/t11-/m0/s1. The van der Waals surface area contributed by atoms with E-state index in [1.54, 1.807) is 18.0 Å². The van der Waals surface area contributed by atoms with Crippen LogP contribution in [0.2, 0.25) is 0 Å². The van der Waals surface area contributed by atoms with Crippen LogP contribution in [0.3, 0.4) is 0 Å².